The van der Waals surface area contributed by atoms with Crippen molar-refractivity contribution >= 4 is 11.7 Å². The molecule has 2 aromatic carbocycles. The summed E-state index contributed by atoms with van der Waals surface area (Å²) in [5.74, 6) is -0.103. The monoisotopic (exact) mass is 297 g/mol. The summed E-state index contributed by atoms with van der Waals surface area (Å²) < 4.78 is 5.15. The molecule has 114 valence electrons. The average Bonchev–Trinajstić information content (AvgIpc) is 2.56. The summed E-state index contributed by atoms with van der Waals surface area (Å²) >= 11 is 0. The van der Waals surface area contributed by atoms with Crippen molar-refractivity contribution in [2.45, 2.75) is 18.9 Å². The number of fused-ring (bicyclic) bond motifs is 1. The number of anilines is 1. The molecule has 1 aliphatic rings. The zero-order chi connectivity index (χ0) is 15.5. The number of carboxylic acids is 1. The predicted octanol–water partition coefficient (Wildman–Crippen LogP) is 3.27. The Kier molecular flexibility index (Phi) is 4.00. The predicted molar refractivity (Wildman–Crippen MR) is 85.5 cm³/mol. The first-order valence-electron chi connectivity index (χ1n) is 7.42. The Morgan fingerprint density at radius 1 is 1.18 bits per heavy atom. The van der Waals surface area contributed by atoms with Gasteiger partial charge < -0.3 is 14.7 Å². The van der Waals surface area contributed by atoms with Crippen LogP contribution < -0.4 is 9.64 Å². The van der Waals surface area contributed by atoms with Crippen LogP contribution in [0, 0.1) is 0 Å². The van der Waals surface area contributed by atoms with Gasteiger partial charge in [-0.25, -0.2) is 4.79 Å². The largest absolute Gasteiger partial charge is 0.497 e. The summed E-state index contributed by atoms with van der Waals surface area (Å²) in [4.78, 5) is 13.9. The van der Waals surface area contributed by atoms with Crippen molar-refractivity contribution in [1.29, 1.82) is 0 Å². The highest BCUT2D eigenvalue weighted by Crippen LogP contribution is 2.34. The highest BCUT2D eigenvalue weighted by molar-refractivity contribution is 5.81. The molecule has 1 atom stereocenters. The Morgan fingerprint density at radius 3 is 2.59 bits per heavy atom. The van der Waals surface area contributed by atoms with Gasteiger partial charge in [0.15, 0.2) is 6.04 Å². The molecule has 1 N–H and O–H groups in total. The van der Waals surface area contributed by atoms with Crippen molar-refractivity contribution in [3.8, 4) is 5.75 Å². The second kappa shape index (κ2) is 6.10. The molecule has 1 heterocycles. The quantitative estimate of drug-likeness (QED) is 0.941. The van der Waals surface area contributed by atoms with Gasteiger partial charge in [0.05, 0.1) is 7.11 Å². The van der Waals surface area contributed by atoms with Gasteiger partial charge in [-0.1, -0.05) is 30.3 Å². The number of methoxy groups -OCH3 is 1. The molecular formula is C18H19NO3. The van der Waals surface area contributed by atoms with E-state index in [1.54, 1.807) is 19.2 Å². The first kappa shape index (κ1) is 14.4. The van der Waals surface area contributed by atoms with Gasteiger partial charge in [0, 0.05) is 12.2 Å². The number of aryl methyl sites for hydroxylation is 1. The minimum atomic E-state index is -0.832. The number of hydrogen-bond donors (Lipinski definition) is 1. The van der Waals surface area contributed by atoms with Crippen molar-refractivity contribution in [3.05, 3.63) is 59.7 Å². The van der Waals surface area contributed by atoms with E-state index in [0.717, 1.165) is 36.4 Å². The molecule has 0 bridgehead atoms. The van der Waals surface area contributed by atoms with Crippen LogP contribution in [0.3, 0.4) is 0 Å². The maximum Gasteiger partial charge on any atom is 0.331 e. The number of aliphatic carboxylic acids is 1. The lowest BCUT2D eigenvalue weighted by atomic mass is 9.97. The molecule has 3 rings (SSSR count). The van der Waals surface area contributed by atoms with Crippen LogP contribution in [0.25, 0.3) is 0 Å². The van der Waals surface area contributed by atoms with Crippen LogP contribution in [0.5, 0.6) is 5.75 Å². The molecule has 2 aromatic rings. The van der Waals surface area contributed by atoms with Crippen molar-refractivity contribution in [2.75, 3.05) is 18.6 Å². The molecule has 0 aromatic heterocycles. The summed E-state index contributed by atoms with van der Waals surface area (Å²) in [6, 6.07) is 14.6. The molecule has 0 saturated heterocycles. The fourth-order valence-corrected chi connectivity index (χ4v) is 3.07. The molecule has 0 radical (unpaired) electrons. The summed E-state index contributed by atoms with van der Waals surface area (Å²) in [6.45, 7) is 0.750. The molecule has 1 unspecified atom stereocenters. The number of para-hydroxylation sites is 1. The Balaban J connectivity index is 2.00. The van der Waals surface area contributed by atoms with E-state index in [2.05, 4.69) is 6.07 Å². The minimum absolute atomic E-state index is 0.674. The Labute approximate surface area is 130 Å². The van der Waals surface area contributed by atoms with Crippen LogP contribution in [0.15, 0.2) is 48.5 Å². The first-order chi connectivity index (χ1) is 10.7. The second-order valence-electron chi connectivity index (χ2n) is 5.44. The standard InChI is InChI=1S/C18H19NO3/c1-22-15-10-8-14(9-11-15)17(18(20)21)19-12-4-6-13-5-2-3-7-16(13)19/h2-3,5,7-11,17H,4,6,12H2,1H3,(H,20,21). The fraction of sp³-hybridized carbons (Fsp3) is 0.278. The fourth-order valence-electron chi connectivity index (χ4n) is 3.07. The number of ether oxygens (including phenoxy) is 1. The molecule has 22 heavy (non-hydrogen) atoms. The molecule has 0 amide bonds. The van der Waals surface area contributed by atoms with Gasteiger partial charge in [-0.05, 0) is 42.2 Å². The zero-order valence-electron chi connectivity index (χ0n) is 12.5. The van der Waals surface area contributed by atoms with Gasteiger partial charge in [0.1, 0.15) is 5.75 Å². The van der Waals surface area contributed by atoms with Gasteiger partial charge in [-0.15, -0.1) is 0 Å². The van der Waals surface area contributed by atoms with Crippen LogP contribution in [0.2, 0.25) is 0 Å². The van der Waals surface area contributed by atoms with E-state index in [0.29, 0.717) is 0 Å². The molecule has 0 aliphatic carbocycles. The summed E-state index contributed by atoms with van der Waals surface area (Å²) in [5.41, 5.74) is 3.01. The van der Waals surface area contributed by atoms with Gasteiger partial charge in [-0.3, -0.25) is 0 Å². The average molecular weight is 297 g/mol. The lowest BCUT2D eigenvalue weighted by Crippen LogP contribution is -2.37. The first-order valence-corrected chi connectivity index (χ1v) is 7.42. The van der Waals surface area contributed by atoms with Crippen LogP contribution in [0.4, 0.5) is 5.69 Å². The van der Waals surface area contributed by atoms with Gasteiger partial charge >= 0.3 is 5.97 Å². The van der Waals surface area contributed by atoms with Gasteiger partial charge in [-0.2, -0.15) is 0 Å². The molecule has 4 heteroatoms. The van der Waals surface area contributed by atoms with Gasteiger partial charge in [0.25, 0.3) is 0 Å². The number of benzene rings is 2. The lowest BCUT2D eigenvalue weighted by Gasteiger charge is -2.36. The van der Waals surface area contributed by atoms with Crippen molar-refractivity contribution < 1.29 is 14.6 Å². The molecular weight excluding hydrogens is 278 g/mol. The maximum atomic E-state index is 11.9. The Bertz CT molecular complexity index is 666. The Morgan fingerprint density at radius 2 is 1.91 bits per heavy atom. The van der Waals surface area contributed by atoms with E-state index < -0.39 is 12.0 Å². The third-order valence-corrected chi connectivity index (χ3v) is 4.12. The van der Waals surface area contributed by atoms with E-state index in [1.165, 1.54) is 5.56 Å². The molecule has 1 aliphatic heterocycles. The zero-order valence-corrected chi connectivity index (χ0v) is 12.5. The highest BCUT2D eigenvalue weighted by Gasteiger charge is 2.30. The highest BCUT2D eigenvalue weighted by atomic mass is 16.5. The molecule has 0 saturated carbocycles. The van der Waals surface area contributed by atoms with Gasteiger partial charge in [0.2, 0.25) is 0 Å². The molecule has 0 fully saturated rings. The van der Waals surface area contributed by atoms with E-state index in [1.807, 2.05) is 35.2 Å². The lowest BCUT2D eigenvalue weighted by molar-refractivity contribution is -0.138. The van der Waals surface area contributed by atoms with Crippen LogP contribution in [-0.2, 0) is 11.2 Å². The van der Waals surface area contributed by atoms with E-state index in [4.69, 9.17) is 4.74 Å². The van der Waals surface area contributed by atoms with E-state index in [-0.39, 0.29) is 0 Å². The number of rotatable bonds is 4. The molecule has 4 nitrogen and oxygen atoms in total. The van der Waals surface area contributed by atoms with Crippen molar-refractivity contribution in [1.82, 2.24) is 0 Å². The number of carboxylic acid groups (broad SMARTS) is 1. The summed E-state index contributed by atoms with van der Waals surface area (Å²) in [7, 11) is 1.60. The number of carbonyl (C=O) groups is 1. The third kappa shape index (κ3) is 2.64. The van der Waals surface area contributed by atoms with Crippen molar-refractivity contribution in [2.24, 2.45) is 0 Å². The summed E-state index contributed by atoms with van der Waals surface area (Å²) in [6.07, 6.45) is 1.97. The number of hydrogen-bond acceptors (Lipinski definition) is 3. The topological polar surface area (TPSA) is 49.8 Å². The second-order valence-corrected chi connectivity index (χ2v) is 5.44. The maximum absolute atomic E-state index is 11.9. The normalized spacial score (nSPS) is 15.0. The van der Waals surface area contributed by atoms with Crippen LogP contribution in [0.1, 0.15) is 23.6 Å². The van der Waals surface area contributed by atoms with Crippen LogP contribution >= 0.6 is 0 Å². The smallest absolute Gasteiger partial charge is 0.331 e. The summed E-state index contributed by atoms with van der Waals surface area (Å²) in [5, 5.41) is 9.76. The SMILES string of the molecule is COc1ccc(C(C(=O)O)N2CCCc3ccccc32)cc1. The number of nitrogens with zero attached hydrogens (tertiary/aromatic N) is 1. The third-order valence-electron chi connectivity index (χ3n) is 4.12. The van der Waals surface area contributed by atoms with E-state index in [9.17, 15) is 9.90 Å². The van der Waals surface area contributed by atoms with E-state index >= 15 is 0 Å². The Hall–Kier alpha value is -2.49. The minimum Gasteiger partial charge on any atom is -0.497 e. The van der Waals surface area contributed by atoms with Crippen LogP contribution in [-0.4, -0.2) is 24.7 Å². The molecule has 0 spiro atoms. The van der Waals surface area contributed by atoms with Crippen molar-refractivity contribution in [3.63, 3.8) is 0 Å².